The Balaban J connectivity index is 1.98. The van der Waals surface area contributed by atoms with E-state index in [9.17, 15) is 4.79 Å². The van der Waals surface area contributed by atoms with Crippen LogP contribution in [0.3, 0.4) is 0 Å². The first-order chi connectivity index (χ1) is 10.4. The van der Waals surface area contributed by atoms with Crippen LogP contribution in [0.2, 0.25) is 0 Å². The van der Waals surface area contributed by atoms with Crippen LogP contribution < -0.4 is 4.90 Å². The summed E-state index contributed by atoms with van der Waals surface area (Å²) in [4.78, 5) is 15.8. The molecule has 1 aliphatic heterocycles. The van der Waals surface area contributed by atoms with Gasteiger partial charge in [0.05, 0.1) is 0 Å². The number of ketones is 1. The maximum atomic E-state index is 11.1. The normalized spacial score (nSPS) is 16.4. The lowest BCUT2D eigenvalue weighted by Gasteiger charge is -2.38. The lowest BCUT2D eigenvalue weighted by Crippen LogP contribution is -2.47. The van der Waals surface area contributed by atoms with E-state index in [4.69, 9.17) is 5.26 Å². The zero-order valence-corrected chi connectivity index (χ0v) is 13.8. The summed E-state index contributed by atoms with van der Waals surface area (Å²) in [5.74, 6) is -0.319. The first-order valence-corrected chi connectivity index (χ1v) is 7.91. The number of nitriles is 1. The molecule has 0 amide bonds. The fourth-order valence-electron chi connectivity index (χ4n) is 2.91. The van der Waals surface area contributed by atoms with Crippen molar-refractivity contribution in [3.8, 4) is 6.07 Å². The number of benzene rings is 1. The average molecular weight is 299 g/mol. The molecule has 1 aliphatic rings. The van der Waals surface area contributed by atoms with Gasteiger partial charge in [-0.3, -0.25) is 9.69 Å². The zero-order chi connectivity index (χ0) is 16.2. The van der Waals surface area contributed by atoms with E-state index >= 15 is 0 Å². The monoisotopic (exact) mass is 299 g/mol. The maximum absolute atomic E-state index is 11.1. The van der Waals surface area contributed by atoms with E-state index in [1.54, 1.807) is 6.07 Å². The second kappa shape index (κ2) is 6.93. The van der Waals surface area contributed by atoms with Gasteiger partial charge < -0.3 is 4.90 Å². The third-order valence-corrected chi connectivity index (χ3v) is 4.20. The number of para-hydroxylation sites is 1. The molecule has 0 unspecified atom stereocenters. The Kier molecular flexibility index (Phi) is 5.20. The summed E-state index contributed by atoms with van der Waals surface area (Å²) < 4.78 is 0. The molecule has 1 aromatic carbocycles. The minimum Gasteiger partial charge on any atom is -0.369 e. The van der Waals surface area contributed by atoms with Gasteiger partial charge >= 0.3 is 0 Å². The number of hydrogen-bond acceptors (Lipinski definition) is 4. The number of Topliss-reactive ketones (excluding diaryl/α,β-unsaturated/α-hetero) is 1. The molecule has 0 saturated carbocycles. The van der Waals surface area contributed by atoms with Crippen LogP contribution in [-0.2, 0) is 10.2 Å². The number of piperazine rings is 1. The summed E-state index contributed by atoms with van der Waals surface area (Å²) in [5, 5.41) is 8.54. The third kappa shape index (κ3) is 4.08. The molecule has 0 aromatic heterocycles. The van der Waals surface area contributed by atoms with E-state index in [0.29, 0.717) is 13.0 Å². The molecule has 1 heterocycles. The molecule has 0 aliphatic carbocycles. The Bertz CT molecular complexity index is 560. The van der Waals surface area contributed by atoms with Crippen molar-refractivity contribution >= 4 is 11.5 Å². The van der Waals surface area contributed by atoms with Crippen molar-refractivity contribution in [2.75, 3.05) is 37.6 Å². The number of rotatable bonds is 4. The molecule has 0 spiro atoms. The standard InChI is InChI=1S/C18H25N3O/c1-18(2,3)16-6-4-5-7-17(16)21-12-10-20(11-13-21)9-8-15(22)14-19/h4-7H,8-13H2,1-3H3. The van der Waals surface area contributed by atoms with Gasteiger partial charge in [-0.25, -0.2) is 0 Å². The lowest BCUT2D eigenvalue weighted by atomic mass is 9.85. The van der Waals surface area contributed by atoms with Gasteiger partial charge in [0.15, 0.2) is 0 Å². The molecule has 1 aromatic rings. The van der Waals surface area contributed by atoms with Gasteiger partial charge in [-0.05, 0) is 17.0 Å². The molecule has 0 atom stereocenters. The van der Waals surface area contributed by atoms with E-state index < -0.39 is 0 Å². The van der Waals surface area contributed by atoms with Gasteiger partial charge in [0, 0.05) is 44.8 Å². The number of nitrogens with zero attached hydrogens (tertiary/aromatic N) is 3. The highest BCUT2D eigenvalue weighted by molar-refractivity contribution is 5.93. The molecule has 1 saturated heterocycles. The van der Waals surface area contributed by atoms with Crippen LogP contribution in [0.25, 0.3) is 0 Å². The Morgan fingerprint density at radius 1 is 1.18 bits per heavy atom. The zero-order valence-electron chi connectivity index (χ0n) is 13.8. The predicted octanol–water partition coefficient (Wildman–Crippen LogP) is 2.59. The fourth-order valence-corrected chi connectivity index (χ4v) is 2.91. The smallest absolute Gasteiger partial charge is 0.233 e. The minimum absolute atomic E-state index is 0.132. The van der Waals surface area contributed by atoms with Crippen LogP contribution >= 0.6 is 0 Å². The van der Waals surface area contributed by atoms with E-state index in [2.05, 4.69) is 54.8 Å². The number of carbonyl (C=O) groups excluding carboxylic acids is 1. The van der Waals surface area contributed by atoms with Crippen LogP contribution in [0.1, 0.15) is 32.8 Å². The molecule has 0 bridgehead atoms. The second-order valence-electron chi connectivity index (χ2n) is 6.88. The van der Waals surface area contributed by atoms with Crippen molar-refractivity contribution in [2.24, 2.45) is 0 Å². The molecule has 2 rings (SSSR count). The number of carbonyl (C=O) groups is 1. The lowest BCUT2D eigenvalue weighted by molar-refractivity contribution is -0.114. The topological polar surface area (TPSA) is 47.3 Å². The largest absolute Gasteiger partial charge is 0.369 e. The molecular formula is C18H25N3O. The van der Waals surface area contributed by atoms with Crippen LogP contribution in [0.4, 0.5) is 5.69 Å². The molecule has 4 nitrogen and oxygen atoms in total. The van der Waals surface area contributed by atoms with Crippen LogP contribution in [0, 0.1) is 11.3 Å². The van der Waals surface area contributed by atoms with Gasteiger partial charge in [-0.1, -0.05) is 39.0 Å². The van der Waals surface area contributed by atoms with Crippen LogP contribution in [0.15, 0.2) is 24.3 Å². The number of hydrogen-bond donors (Lipinski definition) is 0. The first-order valence-electron chi connectivity index (χ1n) is 7.91. The summed E-state index contributed by atoms with van der Waals surface area (Å²) >= 11 is 0. The second-order valence-corrected chi connectivity index (χ2v) is 6.88. The summed E-state index contributed by atoms with van der Waals surface area (Å²) in [5.41, 5.74) is 2.83. The first kappa shape index (κ1) is 16.5. The quantitative estimate of drug-likeness (QED) is 0.802. The summed E-state index contributed by atoms with van der Waals surface area (Å²) in [6.07, 6.45) is 0.342. The Morgan fingerprint density at radius 3 is 2.41 bits per heavy atom. The SMILES string of the molecule is CC(C)(C)c1ccccc1N1CCN(CCC(=O)C#N)CC1. The molecule has 22 heavy (non-hydrogen) atoms. The van der Waals surface area contributed by atoms with Crippen LogP contribution in [-0.4, -0.2) is 43.4 Å². The molecule has 4 heteroatoms. The van der Waals surface area contributed by atoms with Gasteiger partial charge in [0.1, 0.15) is 6.07 Å². The molecular weight excluding hydrogens is 274 g/mol. The van der Waals surface area contributed by atoms with Crippen molar-refractivity contribution in [1.82, 2.24) is 4.90 Å². The van der Waals surface area contributed by atoms with Gasteiger partial charge in [0.25, 0.3) is 0 Å². The van der Waals surface area contributed by atoms with Crippen molar-refractivity contribution < 1.29 is 4.79 Å². The number of anilines is 1. The van der Waals surface area contributed by atoms with Gasteiger partial charge in [0.2, 0.25) is 5.78 Å². The van der Waals surface area contributed by atoms with Crippen molar-refractivity contribution in [3.05, 3.63) is 29.8 Å². The summed E-state index contributed by atoms with van der Waals surface area (Å²) in [6.45, 7) is 11.2. The third-order valence-electron chi connectivity index (χ3n) is 4.20. The van der Waals surface area contributed by atoms with Crippen molar-refractivity contribution in [3.63, 3.8) is 0 Å². The van der Waals surface area contributed by atoms with Crippen LogP contribution in [0.5, 0.6) is 0 Å². The molecule has 0 N–H and O–H groups in total. The maximum Gasteiger partial charge on any atom is 0.233 e. The molecule has 0 radical (unpaired) electrons. The Morgan fingerprint density at radius 2 is 1.82 bits per heavy atom. The summed E-state index contributed by atoms with van der Waals surface area (Å²) in [6, 6.07) is 10.3. The van der Waals surface area contributed by atoms with E-state index in [1.165, 1.54) is 11.3 Å². The van der Waals surface area contributed by atoms with Crippen molar-refractivity contribution in [2.45, 2.75) is 32.6 Å². The highest BCUT2D eigenvalue weighted by atomic mass is 16.1. The fraction of sp³-hybridized carbons (Fsp3) is 0.556. The van der Waals surface area contributed by atoms with Crippen molar-refractivity contribution in [1.29, 1.82) is 5.26 Å². The highest BCUT2D eigenvalue weighted by Crippen LogP contribution is 2.32. The van der Waals surface area contributed by atoms with E-state index in [1.807, 2.05) is 0 Å². The predicted molar refractivity (Wildman–Crippen MR) is 89.0 cm³/mol. The van der Waals surface area contributed by atoms with Gasteiger partial charge in [-0.15, -0.1) is 0 Å². The molecule has 1 fully saturated rings. The summed E-state index contributed by atoms with van der Waals surface area (Å²) in [7, 11) is 0. The highest BCUT2D eigenvalue weighted by Gasteiger charge is 2.23. The minimum atomic E-state index is -0.319. The molecule has 118 valence electrons. The van der Waals surface area contributed by atoms with Gasteiger partial charge in [-0.2, -0.15) is 5.26 Å². The Labute approximate surface area is 133 Å². The Hall–Kier alpha value is -1.86. The van der Waals surface area contributed by atoms with E-state index in [-0.39, 0.29) is 11.2 Å². The van der Waals surface area contributed by atoms with E-state index in [0.717, 1.165) is 26.2 Å². The average Bonchev–Trinajstić information content (AvgIpc) is 2.52.